The Bertz CT molecular complexity index is 615. The quantitative estimate of drug-likeness (QED) is 0.893. The standard InChI is InChI=1S/C20H29N3O2/c1-15-6-10-22(11-7-15)19(24)17-8-12-23(13-9-17)20(25)21-18-5-3-4-16(2)14-18/h3-5,14-15,17H,6-13H2,1-2H3,(H,21,25). The van der Waals surface area contributed by atoms with Gasteiger partial charge in [-0.25, -0.2) is 4.79 Å². The number of hydrogen-bond acceptors (Lipinski definition) is 2. The molecule has 2 aliphatic heterocycles. The average Bonchev–Trinajstić information content (AvgIpc) is 2.62. The topological polar surface area (TPSA) is 52.7 Å². The molecule has 5 heteroatoms. The maximum atomic E-state index is 12.7. The van der Waals surface area contributed by atoms with Gasteiger partial charge in [-0.1, -0.05) is 19.1 Å². The molecular formula is C20H29N3O2. The van der Waals surface area contributed by atoms with Gasteiger partial charge in [-0.3, -0.25) is 4.79 Å². The number of benzene rings is 1. The van der Waals surface area contributed by atoms with Gasteiger partial charge in [0.05, 0.1) is 0 Å². The number of carbonyl (C=O) groups excluding carboxylic acids is 2. The number of amides is 3. The molecule has 0 spiro atoms. The second kappa shape index (κ2) is 7.89. The number of carbonyl (C=O) groups is 2. The van der Waals surface area contributed by atoms with Crippen molar-refractivity contribution in [3.63, 3.8) is 0 Å². The highest BCUT2D eigenvalue weighted by Crippen LogP contribution is 2.24. The molecule has 2 saturated heterocycles. The molecule has 2 fully saturated rings. The molecule has 1 aromatic carbocycles. The molecule has 0 saturated carbocycles. The smallest absolute Gasteiger partial charge is 0.321 e. The number of hydrogen-bond donors (Lipinski definition) is 1. The van der Waals surface area contributed by atoms with E-state index in [1.54, 1.807) is 0 Å². The van der Waals surface area contributed by atoms with E-state index in [1.165, 1.54) is 0 Å². The first-order valence-corrected chi connectivity index (χ1v) is 9.44. The van der Waals surface area contributed by atoms with Crippen LogP contribution in [0.1, 0.15) is 38.2 Å². The third-order valence-corrected chi connectivity index (χ3v) is 5.50. The van der Waals surface area contributed by atoms with Crippen LogP contribution in [0.4, 0.5) is 10.5 Å². The van der Waals surface area contributed by atoms with Gasteiger partial charge in [0, 0.05) is 37.8 Å². The Morgan fingerprint density at radius 2 is 1.64 bits per heavy atom. The average molecular weight is 343 g/mol. The minimum atomic E-state index is -0.0664. The van der Waals surface area contributed by atoms with E-state index in [1.807, 2.05) is 41.0 Å². The van der Waals surface area contributed by atoms with Crippen molar-refractivity contribution in [1.29, 1.82) is 0 Å². The minimum absolute atomic E-state index is 0.0664. The summed E-state index contributed by atoms with van der Waals surface area (Å²) >= 11 is 0. The summed E-state index contributed by atoms with van der Waals surface area (Å²) in [4.78, 5) is 28.9. The fourth-order valence-corrected chi connectivity index (χ4v) is 3.74. The van der Waals surface area contributed by atoms with E-state index in [4.69, 9.17) is 0 Å². The van der Waals surface area contributed by atoms with E-state index in [9.17, 15) is 9.59 Å². The van der Waals surface area contributed by atoms with Crippen molar-refractivity contribution in [2.24, 2.45) is 11.8 Å². The zero-order valence-corrected chi connectivity index (χ0v) is 15.3. The van der Waals surface area contributed by atoms with Gasteiger partial charge < -0.3 is 15.1 Å². The lowest BCUT2D eigenvalue weighted by Gasteiger charge is -2.36. The molecule has 3 rings (SSSR count). The molecule has 1 N–H and O–H groups in total. The molecule has 0 bridgehead atoms. The van der Waals surface area contributed by atoms with Crippen molar-refractivity contribution in [1.82, 2.24) is 9.80 Å². The van der Waals surface area contributed by atoms with Gasteiger partial charge in [-0.05, 0) is 56.2 Å². The number of nitrogens with one attached hydrogen (secondary N) is 1. The molecule has 25 heavy (non-hydrogen) atoms. The van der Waals surface area contributed by atoms with Crippen molar-refractivity contribution in [3.05, 3.63) is 29.8 Å². The summed E-state index contributed by atoms with van der Waals surface area (Å²) in [5, 5.41) is 2.96. The van der Waals surface area contributed by atoms with E-state index in [0.717, 1.165) is 55.9 Å². The van der Waals surface area contributed by atoms with Gasteiger partial charge >= 0.3 is 6.03 Å². The fraction of sp³-hybridized carbons (Fsp3) is 0.600. The van der Waals surface area contributed by atoms with Crippen molar-refractivity contribution in [2.45, 2.75) is 39.5 Å². The predicted molar refractivity (Wildman–Crippen MR) is 99.5 cm³/mol. The molecule has 2 aliphatic rings. The molecule has 2 heterocycles. The van der Waals surface area contributed by atoms with Crippen LogP contribution in [0.15, 0.2) is 24.3 Å². The highest BCUT2D eigenvalue weighted by atomic mass is 16.2. The van der Waals surface area contributed by atoms with Gasteiger partial charge in [0.2, 0.25) is 5.91 Å². The Balaban J connectivity index is 1.48. The highest BCUT2D eigenvalue weighted by molar-refractivity contribution is 5.89. The highest BCUT2D eigenvalue weighted by Gasteiger charge is 2.31. The number of likely N-dealkylation sites (tertiary alicyclic amines) is 2. The molecule has 0 atom stereocenters. The van der Waals surface area contributed by atoms with E-state index in [0.29, 0.717) is 19.0 Å². The number of anilines is 1. The van der Waals surface area contributed by atoms with Crippen molar-refractivity contribution in [2.75, 3.05) is 31.5 Å². The van der Waals surface area contributed by atoms with Crippen LogP contribution in [0.3, 0.4) is 0 Å². The molecule has 1 aromatic rings. The zero-order valence-electron chi connectivity index (χ0n) is 15.3. The first-order valence-electron chi connectivity index (χ1n) is 9.44. The molecule has 0 radical (unpaired) electrons. The summed E-state index contributed by atoms with van der Waals surface area (Å²) in [6, 6.07) is 7.75. The van der Waals surface area contributed by atoms with Crippen LogP contribution in [0.5, 0.6) is 0 Å². The molecule has 5 nitrogen and oxygen atoms in total. The van der Waals surface area contributed by atoms with E-state index >= 15 is 0 Å². The summed E-state index contributed by atoms with van der Waals surface area (Å²) in [6.07, 6.45) is 3.77. The SMILES string of the molecule is Cc1cccc(NC(=O)N2CCC(C(=O)N3CCC(C)CC3)CC2)c1. The third-order valence-electron chi connectivity index (χ3n) is 5.50. The van der Waals surface area contributed by atoms with Crippen LogP contribution in [0.25, 0.3) is 0 Å². The number of rotatable bonds is 2. The largest absolute Gasteiger partial charge is 0.342 e. The van der Waals surface area contributed by atoms with E-state index in [-0.39, 0.29) is 11.9 Å². The number of aryl methyl sites for hydroxylation is 1. The molecule has 0 unspecified atom stereocenters. The monoisotopic (exact) mass is 343 g/mol. The molecular weight excluding hydrogens is 314 g/mol. The Hall–Kier alpha value is -2.04. The predicted octanol–water partition coefficient (Wildman–Crippen LogP) is 3.50. The minimum Gasteiger partial charge on any atom is -0.342 e. The van der Waals surface area contributed by atoms with E-state index < -0.39 is 0 Å². The first kappa shape index (κ1) is 17.8. The lowest BCUT2D eigenvalue weighted by Crippen LogP contribution is -2.47. The normalized spacial score (nSPS) is 19.8. The maximum Gasteiger partial charge on any atom is 0.321 e. The summed E-state index contributed by atoms with van der Waals surface area (Å²) in [6.45, 7) is 7.36. The van der Waals surface area contributed by atoms with Crippen molar-refractivity contribution >= 4 is 17.6 Å². The third kappa shape index (κ3) is 4.53. The number of urea groups is 1. The van der Waals surface area contributed by atoms with Gasteiger partial charge in [-0.2, -0.15) is 0 Å². The second-order valence-electron chi connectivity index (χ2n) is 7.57. The van der Waals surface area contributed by atoms with Crippen LogP contribution in [0.2, 0.25) is 0 Å². The van der Waals surface area contributed by atoms with Gasteiger partial charge in [-0.15, -0.1) is 0 Å². The lowest BCUT2D eigenvalue weighted by molar-refractivity contribution is -0.138. The Morgan fingerprint density at radius 3 is 2.28 bits per heavy atom. The Kier molecular flexibility index (Phi) is 5.61. The molecule has 0 aliphatic carbocycles. The van der Waals surface area contributed by atoms with Crippen LogP contribution < -0.4 is 5.32 Å². The Morgan fingerprint density at radius 1 is 1.00 bits per heavy atom. The van der Waals surface area contributed by atoms with Crippen molar-refractivity contribution in [3.8, 4) is 0 Å². The molecule has 136 valence electrons. The van der Waals surface area contributed by atoms with Crippen molar-refractivity contribution < 1.29 is 9.59 Å². The van der Waals surface area contributed by atoms with Crippen LogP contribution >= 0.6 is 0 Å². The number of nitrogens with zero attached hydrogens (tertiary/aromatic N) is 2. The van der Waals surface area contributed by atoms with Crippen LogP contribution in [-0.4, -0.2) is 47.9 Å². The summed E-state index contributed by atoms with van der Waals surface area (Å²) in [5.74, 6) is 1.11. The summed E-state index contributed by atoms with van der Waals surface area (Å²) in [5.41, 5.74) is 1.95. The first-order chi connectivity index (χ1) is 12.0. The lowest BCUT2D eigenvalue weighted by atomic mass is 9.93. The second-order valence-corrected chi connectivity index (χ2v) is 7.57. The fourth-order valence-electron chi connectivity index (χ4n) is 3.74. The molecule has 0 aromatic heterocycles. The zero-order chi connectivity index (χ0) is 17.8. The van der Waals surface area contributed by atoms with Gasteiger partial charge in [0.15, 0.2) is 0 Å². The number of piperidine rings is 2. The summed E-state index contributed by atoms with van der Waals surface area (Å²) in [7, 11) is 0. The summed E-state index contributed by atoms with van der Waals surface area (Å²) < 4.78 is 0. The van der Waals surface area contributed by atoms with Gasteiger partial charge in [0.25, 0.3) is 0 Å². The van der Waals surface area contributed by atoms with Crippen LogP contribution in [0, 0.1) is 18.8 Å². The Labute approximate surface area is 150 Å². The maximum absolute atomic E-state index is 12.7. The van der Waals surface area contributed by atoms with E-state index in [2.05, 4.69) is 12.2 Å². The van der Waals surface area contributed by atoms with Crippen LogP contribution in [-0.2, 0) is 4.79 Å². The van der Waals surface area contributed by atoms with Gasteiger partial charge in [0.1, 0.15) is 0 Å². The molecule has 3 amide bonds.